The minimum atomic E-state index is -1.42. The normalized spacial score (nSPS) is 20.3. The van der Waals surface area contributed by atoms with Crippen LogP contribution in [0.2, 0.25) is 0 Å². The maximum Gasteiger partial charge on any atom is 0.338 e. The lowest BCUT2D eigenvalue weighted by atomic mass is 10.0. The summed E-state index contributed by atoms with van der Waals surface area (Å²) >= 11 is 0. The summed E-state index contributed by atoms with van der Waals surface area (Å²) in [5.41, 5.74) is -0.544. The maximum atomic E-state index is 13.6. The molecule has 19 heavy (non-hydrogen) atoms. The molecule has 2 N–H and O–H groups in total. The summed E-state index contributed by atoms with van der Waals surface area (Å²) in [6.07, 6.45) is 0.864. The van der Waals surface area contributed by atoms with Crippen LogP contribution >= 0.6 is 0 Å². The Morgan fingerprint density at radius 2 is 2.21 bits per heavy atom. The smallest absolute Gasteiger partial charge is 0.338 e. The number of nitrogens with one attached hydrogen (secondary N) is 1. The van der Waals surface area contributed by atoms with Gasteiger partial charge in [-0.05, 0) is 19.4 Å². The second-order valence-electron chi connectivity index (χ2n) is 4.67. The third kappa shape index (κ3) is 3.01. The highest BCUT2D eigenvalue weighted by molar-refractivity contribution is 5.89. The molecule has 1 aromatic rings. The van der Waals surface area contributed by atoms with Crippen LogP contribution in [0.25, 0.3) is 0 Å². The summed E-state index contributed by atoms with van der Waals surface area (Å²) in [4.78, 5) is 10.8. The zero-order chi connectivity index (χ0) is 14.0. The number of benzene rings is 1. The van der Waals surface area contributed by atoms with Crippen molar-refractivity contribution in [3.8, 4) is 0 Å². The van der Waals surface area contributed by atoms with Crippen molar-refractivity contribution in [2.24, 2.45) is 5.92 Å². The average molecular weight is 271 g/mol. The van der Waals surface area contributed by atoms with Crippen LogP contribution in [0.5, 0.6) is 0 Å². The van der Waals surface area contributed by atoms with Gasteiger partial charge in [-0.1, -0.05) is 0 Å². The Morgan fingerprint density at radius 1 is 1.47 bits per heavy atom. The number of rotatable bonds is 4. The fraction of sp³-hybridized carbons (Fsp3) is 0.462. The van der Waals surface area contributed by atoms with Gasteiger partial charge in [-0.3, -0.25) is 0 Å². The summed E-state index contributed by atoms with van der Waals surface area (Å²) in [5.74, 6) is -3.06. The molecule has 0 spiro atoms. The zero-order valence-corrected chi connectivity index (χ0v) is 10.5. The molecule has 0 amide bonds. The SMILES string of the molecule is CC(Nc1cc(C(=O)O)c(F)cc1F)C1CCOC1. The van der Waals surface area contributed by atoms with Gasteiger partial charge in [0.15, 0.2) is 0 Å². The number of hydrogen-bond donors (Lipinski definition) is 2. The van der Waals surface area contributed by atoms with Gasteiger partial charge < -0.3 is 15.2 Å². The van der Waals surface area contributed by atoms with Gasteiger partial charge in [0, 0.05) is 24.6 Å². The first-order valence-corrected chi connectivity index (χ1v) is 6.05. The Morgan fingerprint density at radius 3 is 2.79 bits per heavy atom. The molecule has 0 radical (unpaired) electrons. The monoisotopic (exact) mass is 271 g/mol. The lowest BCUT2D eigenvalue weighted by Crippen LogP contribution is -2.26. The number of carboxylic acid groups (broad SMARTS) is 1. The molecule has 0 saturated carbocycles. The molecule has 104 valence electrons. The Balaban J connectivity index is 2.19. The van der Waals surface area contributed by atoms with E-state index in [0.717, 1.165) is 12.5 Å². The molecule has 2 unspecified atom stereocenters. The minimum Gasteiger partial charge on any atom is -0.478 e. The second kappa shape index (κ2) is 5.52. The van der Waals surface area contributed by atoms with E-state index in [-0.39, 0.29) is 17.6 Å². The van der Waals surface area contributed by atoms with E-state index in [1.165, 1.54) is 0 Å². The molecule has 4 nitrogen and oxygen atoms in total. The highest BCUT2D eigenvalue weighted by Crippen LogP contribution is 2.24. The minimum absolute atomic E-state index is 0.00167. The van der Waals surface area contributed by atoms with Crippen molar-refractivity contribution >= 4 is 11.7 Å². The zero-order valence-electron chi connectivity index (χ0n) is 10.5. The summed E-state index contributed by atoms with van der Waals surface area (Å²) < 4.78 is 32.1. The molecular formula is C13H15F2NO3. The Hall–Kier alpha value is -1.69. The molecule has 1 fully saturated rings. The van der Waals surface area contributed by atoms with Gasteiger partial charge in [0.05, 0.1) is 17.9 Å². The van der Waals surface area contributed by atoms with Crippen LogP contribution in [0.15, 0.2) is 12.1 Å². The number of carbonyl (C=O) groups is 1. The molecule has 2 rings (SSSR count). The van der Waals surface area contributed by atoms with Crippen molar-refractivity contribution in [3.63, 3.8) is 0 Å². The van der Waals surface area contributed by atoms with E-state index in [0.29, 0.717) is 19.3 Å². The number of hydrogen-bond acceptors (Lipinski definition) is 3. The van der Waals surface area contributed by atoms with Gasteiger partial charge in [0.25, 0.3) is 0 Å². The van der Waals surface area contributed by atoms with Crippen LogP contribution in [0.1, 0.15) is 23.7 Å². The highest BCUT2D eigenvalue weighted by atomic mass is 19.1. The molecule has 0 aromatic heterocycles. The highest BCUT2D eigenvalue weighted by Gasteiger charge is 2.24. The molecule has 6 heteroatoms. The molecule has 1 aromatic carbocycles. The van der Waals surface area contributed by atoms with Crippen LogP contribution in [-0.2, 0) is 4.74 Å². The standard InChI is InChI=1S/C13H15F2NO3/c1-7(8-2-3-19-6-8)16-12-4-9(13(17)18)10(14)5-11(12)15/h4-5,7-8,16H,2-3,6H2,1H3,(H,17,18). The number of halogens is 2. The molecular weight excluding hydrogens is 256 g/mol. The summed E-state index contributed by atoms with van der Waals surface area (Å²) in [6.45, 7) is 3.12. The van der Waals surface area contributed by atoms with E-state index in [4.69, 9.17) is 9.84 Å². The molecule has 0 bridgehead atoms. The molecule has 1 aliphatic rings. The van der Waals surface area contributed by atoms with E-state index in [9.17, 15) is 13.6 Å². The van der Waals surface area contributed by atoms with Crippen molar-refractivity contribution in [1.29, 1.82) is 0 Å². The topological polar surface area (TPSA) is 58.6 Å². The van der Waals surface area contributed by atoms with Gasteiger partial charge in [0.1, 0.15) is 11.6 Å². The summed E-state index contributed by atoms with van der Waals surface area (Å²) in [7, 11) is 0. The van der Waals surface area contributed by atoms with E-state index >= 15 is 0 Å². The Labute approximate surface area is 109 Å². The lowest BCUT2D eigenvalue weighted by Gasteiger charge is -2.21. The maximum absolute atomic E-state index is 13.6. The van der Waals surface area contributed by atoms with Crippen molar-refractivity contribution < 1.29 is 23.4 Å². The largest absolute Gasteiger partial charge is 0.478 e. The van der Waals surface area contributed by atoms with Crippen molar-refractivity contribution in [2.75, 3.05) is 18.5 Å². The van der Waals surface area contributed by atoms with Crippen molar-refractivity contribution in [2.45, 2.75) is 19.4 Å². The van der Waals surface area contributed by atoms with Gasteiger partial charge in [-0.2, -0.15) is 0 Å². The third-order valence-electron chi connectivity index (χ3n) is 3.34. The summed E-state index contributed by atoms with van der Waals surface area (Å²) in [6, 6.07) is 1.49. The third-order valence-corrected chi connectivity index (χ3v) is 3.34. The molecule has 1 aliphatic heterocycles. The second-order valence-corrected chi connectivity index (χ2v) is 4.67. The van der Waals surface area contributed by atoms with Gasteiger partial charge in [-0.15, -0.1) is 0 Å². The number of aromatic carboxylic acids is 1. The lowest BCUT2D eigenvalue weighted by molar-refractivity contribution is 0.0692. The average Bonchev–Trinajstić information content (AvgIpc) is 2.85. The van der Waals surface area contributed by atoms with E-state index in [1.807, 2.05) is 6.92 Å². The fourth-order valence-electron chi connectivity index (χ4n) is 2.13. The quantitative estimate of drug-likeness (QED) is 0.883. The van der Waals surface area contributed by atoms with Crippen LogP contribution in [0, 0.1) is 17.6 Å². The molecule has 2 atom stereocenters. The van der Waals surface area contributed by atoms with Crippen LogP contribution in [0.4, 0.5) is 14.5 Å². The number of carboxylic acids is 1. The first-order chi connectivity index (χ1) is 8.99. The molecule has 1 saturated heterocycles. The van der Waals surface area contributed by atoms with E-state index < -0.39 is 23.2 Å². The van der Waals surface area contributed by atoms with E-state index in [2.05, 4.69) is 5.32 Å². The predicted molar refractivity (Wildman–Crippen MR) is 65.3 cm³/mol. The van der Waals surface area contributed by atoms with Crippen molar-refractivity contribution in [3.05, 3.63) is 29.3 Å². The Bertz CT molecular complexity index is 487. The number of anilines is 1. The fourth-order valence-corrected chi connectivity index (χ4v) is 2.13. The summed E-state index contributed by atoms with van der Waals surface area (Å²) in [5, 5.41) is 11.7. The first-order valence-electron chi connectivity index (χ1n) is 6.05. The molecule has 0 aliphatic carbocycles. The van der Waals surface area contributed by atoms with E-state index in [1.54, 1.807) is 0 Å². The van der Waals surface area contributed by atoms with Crippen molar-refractivity contribution in [1.82, 2.24) is 0 Å². The van der Waals surface area contributed by atoms with Crippen LogP contribution in [0.3, 0.4) is 0 Å². The first kappa shape index (κ1) is 13.7. The number of ether oxygens (including phenoxy) is 1. The van der Waals surface area contributed by atoms with Gasteiger partial charge in [-0.25, -0.2) is 13.6 Å². The van der Waals surface area contributed by atoms with Crippen LogP contribution < -0.4 is 5.32 Å². The van der Waals surface area contributed by atoms with Crippen LogP contribution in [-0.4, -0.2) is 30.3 Å². The predicted octanol–water partition coefficient (Wildman–Crippen LogP) is 2.50. The Kier molecular flexibility index (Phi) is 3.99. The van der Waals surface area contributed by atoms with Gasteiger partial charge >= 0.3 is 5.97 Å². The molecule has 1 heterocycles. The van der Waals surface area contributed by atoms with Gasteiger partial charge in [0.2, 0.25) is 0 Å².